The predicted octanol–water partition coefficient (Wildman–Crippen LogP) is 4.69. The molecule has 0 aliphatic heterocycles. The highest BCUT2D eigenvalue weighted by molar-refractivity contribution is 6.01. The van der Waals surface area contributed by atoms with Gasteiger partial charge in [-0.15, -0.1) is 0 Å². The van der Waals surface area contributed by atoms with Gasteiger partial charge in [0, 0.05) is 22.1 Å². The lowest BCUT2D eigenvalue weighted by molar-refractivity contribution is 0.761. The first-order valence-electron chi connectivity index (χ1n) is 7.77. The summed E-state index contributed by atoms with van der Waals surface area (Å²) in [5.74, 6) is 0. The maximum atomic E-state index is 6.45. The Morgan fingerprint density at radius 2 is 1.60 bits per heavy atom. The number of anilines is 2. The SMILES string of the molecule is CCCCc1cc2c(N)cccc2c(N)c1CCCC. The maximum absolute atomic E-state index is 6.45. The second kappa shape index (κ2) is 6.65. The molecular weight excluding hydrogens is 244 g/mol. The zero-order valence-electron chi connectivity index (χ0n) is 12.7. The van der Waals surface area contributed by atoms with Crippen LogP contribution in [0.1, 0.15) is 50.7 Å². The van der Waals surface area contributed by atoms with Crippen LogP contribution in [0.3, 0.4) is 0 Å². The van der Waals surface area contributed by atoms with Crippen molar-refractivity contribution >= 4 is 22.1 Å². The smallest absolute Gasteiger partial charge is 0.0429 e. The molecule has 0 aliphatic rings. The zero-order chi connectivity index (χ0) is 14.5. The van der Waals surface area contributed by atoms with E-state index in [1.807, 2.05) is 12.1 Å². The monoisotopic (exact) mass is 270 g/mol. The second-order valence-electron chi connectivity index (χ2n) is 5.58. The number of rotatable bonds is 6. The molecule has 0 saturated carbocycles. The lowest BCUT2D eigenvalue weighted by Gasteiger charge is -2.16. The molecule has 0 aromatic heterocycles. The number of nitrogens with two attached hydrogens (primary N) is 2. The molecule has 0 unspecified atom stereocenters. The van der Waals surface area contributed by atoms with Gasteiger partial charge in [-0.1, -0.05) is 38.8 Å². The molecule has 2 rings (SSSR count). The Morgan fingerprint density at radius 1 is 0.900 bits per heavy atom. The molecule has 20 heavy (non-hydrogen) atoms. The van der Waals surface area contributed by atoms with E-state index < -0.39 is 0 Å². The Labute approximate surface area is 122 Å². The van der Waals surface area contributed by atoms with E-state index >= 15 is 0 Å². The van der Waals surface area contributed by atoms with Gasteiger partial charge in [-0.05, 0) is 48.9 Å². The average molecular weight is 270 g/mol. The van der Waals surface area contributed by atoms with Gasteiger partial charge < -0.3 is 11.5 Å². The number of nitrogen functional groups attached to an aromatic ring is 2. The third kappa shape index (κ3) is 2.90. The van der Waals surface area contributed by atoms with E-state index in [4.69, 9.17) is 11.5 Å². The molecule has 2 aromatic rings. The maximum Gasteiger partial charge on any atom is 0.0429 e. The molecule has 0 heterocycles. The van der Waals surface area contributed by atoms with Gasteiger partial charge in [0.1, 0.15) is 0 Å². The molecule has 0 spiro atoms. The standard InChI is InChI=1S/C18H26N2/c1-3-5-8-13-12-16-15(10-7-11-17(16)19)18(20)14(13)9-6-4-2/h7,10-12H,3-6,8-9,19-20H2,1-2H3. The summed E-state index contributed by atoms with van der Waals surface area (Å²) in [6.07, 6.45) is 6.97. The molecule has 108 valence electrons. The van der Waals surface area contributed by atoms with E-state index in [0.717, 1.165) is 35.0 Å². The zero-order valence-corrected chi connectivity index (χ0v) is 12.7. The van der Waals surface area contributed by atoms with E-state index in [0.29, 0.717) is 0 Å². The third-order valence-electron chi connectivity index (χ3n) is 4.04. The lowest BCUT2D eigenvalue weighted by atomic mass is 9.91. The molecular formula is C18H26N2. The van der Waals surface area contributed by atoms with Crippen LogP contribution >= 0.6 is 0 Å². The van der Waals surface area contributed by atoms with Crippen LogP contribution in [0.2, 0.25) is 0 Å². The van der Waals surface area contributed by atoms with Gasteiger partial charge in [0.25, 0.3) is 0 Å². The van der Waals surface area contributed by atoms with Crippen LogP contribution < -0.4 is 11.5 Å². The van der Waals surface area contributed by atoms with Crippen LogP contribution in [0.4, 0.5) is 11.4 Å². The van der Waals surface area contributed by atoms with Gasteiger partial charge in [-0.2, -0.15) is 0 Å². The Morgan fingerprint density at radius 3 is 2.30 bits per heavy atom. The Bertz CT molecular complexity index is 587. The first-order chi connectivity index (χ1) is 9.69. The van der Waals surface area contributed by atoms with Crippen molar-refractivity contribution in [1.82, 2.24) is 0 Å². The molecule has 2 nitrogen and oxygen atoms in total. The summed E-state index contributed by atoms with van der Waals surface area (Å²) in [6, 6.07) is 8.29. The lowest BCUT2D eigenvalue weighted by Crippen LogP contribution is -2.03. The van der Waals surface area contributed by atoms with E-state index in [2.05, 4.69) is 26.0 Å². The number of fused-ring (bicyclic) bond motifs is 1. The highest BCUT2D eigenvalue weighted by Crippen LogP contribution is 2.33. The summed E-state index contributed by atoms with van der Waals surface area (Å²) < 4.78 is 0. The van der Waals surface area contributed by atoms with E-state index in [9.17, 15) is 0 Å². The quantitative estimate of drug-likeness (QED) is 0.748. The summed E-state index contributed by atoms with van der Waals surface area (Å²) >= 11 is 0. The van der Waals surface area contributed by atoms with Gasteiger partial charge in [0.15, 0.2) is 0 Å². The molecule has 2 heteroatoms. The van der Waals surface area contributed by atoms with Crippen molar-refractivity contribution in [1.29, 1.82) is 0 Å². The van der Waals surface area contributed by atoms with Gasteiger partial charge in [-0.25, -0.2) is 0 Å². The fourth-order valence-electron chi connectivity index (χ4n) is 2.81. The fraction of sp³-hybridized carbons (Fsp3) is 0.444. The Hall–Kier alpha value is -1.70. The molecule has 0 atom stereocenters. The minimum Gasteiger partial charge on any atom is -0.398 e. The average Bonchev–Trinajstić information content (AvgIpc) is 2.45. The van der Waals surface area contributed by atoms with Gasteiger partial charge in [0.2, 0.25) is 0 Å². The molecule has 0 saturated heterocycles. The molecule has 0 bridgehead atoms. The van der Waals surface area contributed by atoms with Crippen molar-refractivity contribution in [3.63, 3.8) is 0 Å². The second-order valence-corrected chi connectivity index (χ2v) is 5.58. The van der Waals surface area contributed by atoms with E-state index in [1.165, 1.54) is 36.8 Å². The molecule has 0 aliphatic carbocycles. The van der Waals surface area contributed by atoms with Crippen molar-refractivity contribution in [2.24, 2.45) is 0 Å². The van der Waals surface area contributed by atoms with Gasteiger partial charge >= 0.3 is 0 Å². The number of hydrogen-bond donors (Lipinski definition) is 2. The number of hydrogen-bond acceptors (Lipinski definition) is 2. The summed E-state index contributed by atoms with van der Waals surface area (Å²) in [5, 5.41) is 2.22. The van der Waals surface area contributed by atoms with E-state index in [1.54, 1.807) is 0 Å². The Kier molecular flexibility index (Phi) is 4.89. The van der Waals surface area contributed by atoms with Crippen molar-refractivity contribution < 1.29 is 0 Å². The normalized spacial score (nSPS) is 11.1. The molecule has 0 fully saturated rings. The Balaban J connectivity index is 2.56. The summed E-state index contributed by atoms with van der Waals surface area (Å²) in [6.45, 7) is 4.45. The fourth-order valence-corrected chi connectivity index (χ4v) is 2.81. The van der Waals surface area contributed by atoms with Crippen LogP contribution in [-0.4, -0.2) is 0 Å². The van der Waals surface area contributed by atoms with Crippen molar-refractivity contribution in [2.75, 3.05) is 11.5 Å². The number of aryl methyl sites for hydroxylation is 1. The predicted molar refractivity (Wildman–Crippen MR) is 90.0 cm³/mol. The van der Waals surface area contributed by atoms with E-state index in [-0.39, 0.29) is 0 Å². The first kappa shape index (κ1) is 14.7. The molecule has 0 amide bonds. The summed E-state index contributed by atoms with van der Waals surface area (Å²) in [7, 11) is 0. The van der Waals surface area contributed by atoms with Crippen LogP contribution in [0.5, 0.6) is 0 Å². The summed E-state index contributed by atoms with van der Waals surface area (Å²) in [5.41, 5.74) is 17.1. The first-order valence-corrected chi connectivity index (χ1v) is 7.77. The van der Waals surface area contributed by atoms with Crippen molar-refractivity contribution in [3.8, 4) is 0 Å². The van der Waals surface area contributed by atoms with Crippen LogP contribution in [0.15, 0.2) is 24.3 Å². The van der Waals surface area contributed by atoms with Crippen LogP contribution in [-0.2, 0) is 12.8 Å². The van der Waals surface area contributed by atoms with Gasteiger partial charge in [0.05, 0.1) is 0 Å². The highest BCUT2D eigenvalue weighted by atomic mass is 14.6. The van der Waals surface area contributed by atoms with Gasteiger partial charge in [-0.3, -0.25) is 0 Å². The van der Waals surface area contributed by atoms with Crippen molar-refractivity contribution in [3.05, 3.63) is 35.4 Å². The summed E-state index contributed by atoms with van der Waals surface area (Å²) in [4.78, 5) is 0. The number of unbranched alkanes of at least 4 members (excludes halogenated alkanes) is 2. The highest BCUT2D eigenvalue weighted by Gasteiger charge is 2.12. The number of benzene rings is 2. The largest absolute Gasteiger partial charge is 0.398 e. The topological polar surface area (TPSA) is 52.0 Å². The minimum atomic E-state index is 0.828. The molecule has 4 N–H and O–H groups in total. The van der Waals surface area contributed by atoms with Crippen molar-refractivity contribution in [2.45, 2.75) is 52.4 Å². The molecule has 2 aromatic carbocycles. The molecule has 0 radical (unpaired) electrons. The minimum absolute atomic E-state index is 0.828. The van der Waals surface area contributed by atoms with Crippen LogP contribution in [0.25, 0.3) is 10.8 Å². The third-order valence-corrected chi connectivity index (χ3v) is 4.04. The van der Waals surface area contributed by atoms with Crippen LogP contribution in [0, 0.1) is 0 Å².